The molecule has 1 amide bonds. The largest absolute Gasteiger partial charge is 0.378 e. The van der Waals surface area contributed by atoms with Crippen molar-refractivity contribution in [2.24, 2.45) is 10.7 Å². The first-order valence-corrected chi connectivity index (χ1v) is 7.33. The number of nitrogens with zero attached hydrogens (tertiary/aromatic N) is 3. The quantitative estimate of drug-likeness (QED) is 0.658. The van der Waals surface area contributed by atoms with Crippen LogP contribution in [0.5, 0.6) is 0 Å². The highest BCUT2D eigenvalue weighted by atomic mass is 32.2. The standard InChI is InChI=1S/C14H17N5OS/c1-4-11(15)21-14(16)18-13(20)10-5-6-19-9(3)7-8(2)17-12(10)19/h5-7,15H,4H2,1-3H3,(H2,16,18,20). The first-order valence-electron chi connectivity index (χ1n) is 6.51. The smallest absolute Gasteiger partial charge is 0.283 e. The summed E-state index contributed by atoms with van der Waals surface area (Å²) >= 11 is 1.000. The van der Waals surface area contributed by atoms with Gasteiger partial charge in [-0.2, -0.15) is 4.99 Å². The SMILES string of the molecule is CCC(=N)SC(N)=NC(=O)c1ccn2c(C)cc(C)nc12. The average molecular weight is 303 g/mol. The van der Waals surface area contributed by atoms with E-state index >= 15 is 0 Å². The number of carbonyl (C=O) groups excluding carboxylic acids is 1. The molecule has 0 aliphatic heterocycles. The Labute approximate surface area is 127 Å². The van der Waals surface area contributed by atoms with Gasteiger partial charge in [0.05, 0.1) is 10.6 Å². The molecule has 110 valence electrons. The van der Waals surface area contributed by atoms with Crippen molar-refractivity contribution in [1.29, 1.82) is 5.41 Å². The first-order chi connectivity index (χ1) is 9.92. The van der Waals surface area contributed by atoms with E-state index in [1.165, 1.54) is 0 Å². The van der Waals surface area contributed by atoms with Gasteiger partial charge in [-0.1, -0.05) is 6.92 Å². The summed E-state index contributed by atoms with van der Waals surface area (Å²) in [6, 6.07) is 3.63. The fourth-order valence-electron chi connectivity index (χ4n) is 1.94. The van der Waals surface area contributed by atoms with Crippen molar-refractivity contribution < 1.29 is 4.79 Å². The molecule has 7 heteroatoms. The second kappa shape index (κ2) is 6.09. The Morgan fingerprint density at radius 3 is 2.90 bits per heavy atom. The number of hydrogen-bond donors (Lipinski definition) is 2. The molecule has 0 saturated carbocycles. The van der Waals surface area contributed by atoms with Crippen molar-refractivity contribution in [3.63, 3.8) is 0 Å². The number of hydrogen-bond acceptors (Lipinski definition) is 4. The highest BCUT2D eigenvalue weighted by Crippen LogP contribution is 2.16. The minimum Gasteiger partial charge on any atom is -0.378 e. The van der Waals surface area contributed by atoms with Crippen LogP contribution >= 0.6 is 11.8 Å². The lowest BCUT2D eigenvalue weighted by Crippen LogP contribution is -2.12. The summed E-state index contributed by atoms with van der Waals surface area (Å²) in [5.74, 6) is -0.441. The second-order valence-electron chi connectivity index (χ2n) is 4.60. The van der Waals surface area contributed by atoms with Crippen LogP contribution in [-0.4, -0.2) is 25.5 Å². The van der Waals surface area contributed by atoms with Gasteiger partial charge in [0.2, 0.25) is 0 Å². The third-order valence-electron chi connectivity index (χ3n) is 2.93. The van der Waals surface area contributed by atoms with Gasteiger partial charge in [0.1, 0.15) is 5.65 Å². The molecular weight excluding hydrogens is 286 g/mol. The van der Waals surface area contributed by atoms with Gasteiger partial charge in [-0.3, -0.25) is 10.2 Å². The molecule has 0 aliphatic rings. The molecule has 2 heterocycles. The number of amides is 1. The third kappa shape index (κ3) is 3.30. The van der Waals surface area contributed by atoms with Gasteiger partial charge in [-0.25, -0.2) is 4.98 Å². The normalized spacial score (nSPS) is 11.9. The fourth-order valence-corrected chi connectivity index (χ4v) is 2.47. The van der Waals surface area contributed by atoms with Gasteiger partial charge in [0.15, 0.2) is 5.17 Å². The summed E-state index contributed by atoms with van der Waals surface area (Å²) < 4.78 is 1.84. The van der Waals surface area contributed by atoms with E-state index in [0.717, 1.165) is 23.1 Å². The van der Waals surface area contributed by atoms with E-state index in [9.17, 15) is 4.79 Å². The molecule has 0 aromatic carbocycles. The van der Waals surface area contributed by atoms with Crippen LogP contribution < -0.4 is 5.73 Å². The summed E-state index contributed by atoms with van der Waals surface area (Å²) in [4.78, 5) is 20.4. The Morgan fingerprint density at radius 1 is 1.52 bits per heavy atom. The number of fused-ring (bicyclic) bond motifs is 1. The number of aromatic nitrogens is 2. The number of aliphatic imine (C=N–C) groups is 1. The summed E-state index contributed by atoms with van der Waals surface area (Å²) in [5.41, 5.74) is 8.51. The number of rotatable bonds is 2. The van der Waals surface area contributed by atoms with Crippen molar-refractivity contribution in [3.05, 3.63) is 35.3 Å². The molecule has 0 atom stereocenters. The summed E-state index contributed by atoms with van der Waals surface area (Å²) in [5, 5.41) is 8.00. The topological polar surface area (TPSA) is 96.6 Å². The minimum absolute atomic E-state index is 0.0792. The lowest BCUT2D eigenvalue weighted by Gasteiger charge is -2.03. The first kappa shape index (κ1) is 15.2. The molecule has 2 aromatic rings. The molecule has 2 rings (SSSR count). The number of thioether (sulfide) groups is 1. The maximum atomic E-state index is 12.2. The maximum Gasteiger partial charge on any atom is 0.283 e. The van der Waals surface area contributed by atoms with E-state index in [1.54, 1.807) is 12.3 Å². The monoisotopic (exact) mass is 303 g/mol. The van der Waals surface area contributed by atoms with Crippen LogP contribution in [0.3, 0.4) is 0 Å². The molecule has 0 aliphatic carbocycles. The predicted octanol–water partition coefficient (Wildman–Crippen LogP) is 2.53. The van der Waals surface area contributed by atoms with Crippen LogP contribution in [0.1, 0.15) is 35.1 Å². The average Bonchev–Trinajstić information content (AvgIpc) is 2.82. The van der Waals surface area contributed by atoms with Gasteiger partial charge in [-0.15, -0.1) is 0 Å². The molecule has 6 nitrogen and oxygen atoms in total. The van der Waals surface area contributed by atoms with E-state index in [1.807, 2.05) is 31.2 Å². The van der Waals surface area contributed by atoms with Crippen LogP contribution in [0.15, 0.2) is 23.3 Å². The molecule has 0 saturated heterocycles. The van der Waals surface area contributed by atoms with Crippen molar-refractivity contribution in [2.45, 2.75) is 27.2 Å². The molecule has 0 spiro atoms. The lowest BCUT2D eigenvalue weighted by molar-refractivity contribution is 0.100. The van der Waals surface area contributed by atoms with Gasteiger partial charge in [0, 0.05) is 17.6 Å². The van der Waals surface area contributed by atoms with Crippen LogP contribution in [0.25, 0.3) is 5.65 Å². The minimum atomic E-state index is -0.441. The van der Waals surface area contributed by atoms with Crippen LogP contribution in [0.4, 0.5) is 0 Å². The summed E-state index contributed by atoms with van der Waals surface area (Å²) in [6.07, 6.45) is 2.35. The van der Waals surface area contributed by atoms with Crippen molar-refractivity contribution in [1.82, 2.24) is 9.38 Å². The second-order valence-corrected chi connectivity index (χ2v) is 5.71. The van der Waals surface area contributed by atoms with E-state index in [-0.39, 0.29) is 5.17 Å². The molecule has 0 unspecified atom stereocenters. The van der Waals surface area contributed by atoms with Crippen LogP contribution in [-0.2, 0) is 0 Å². The number of aryl methyl sites for hydroxylation is 2. The zero-order chi connectivity index (χ0) is 15.6. The molecular formula is C14H17N5OS. The third-order valence-corrected chi connectivity index (χ3v) is 3.77. The van der Waals surface area contributed by atoms with Crippen LogP contribution in [0.2, 0.25) is 0 Å². The molecule has 0 radical (unpaired) electrons. The molecule has 21 heavy (non-hydrogen) atoms. The van der Waals surface area contributed by atoms with Gasteiger partial charge in [0.25, 0.3) is 5.91 Å². The highest BCUT2D eigenvalue weighted by Gasteiger charge is 2.14. The Kier molecular flexibility index (Phi) is 4.42. The number of nitrogens with two attached hydrogens (primary N) is 1. The Bertz CT molecular complexity index is 747. The van der Waals surface area contributed by atoms with Gasteiger partial charge < -0.3 is 10.1 Å². The summed E-state index contributed by atoms with van der Waals surface area (Å²) in [7, 11) is 0. The zero-order valence-corrected chi connectivity index (χ0v) is 13.0. The predicted molar refractivity (Wildman–Crippen MR) is 86.2 cm³/mol. The Hall–Kier alpha value is -2.15. The van der Waals surface area contributed by atoms with E-state index in [2.05, 4.69) is 9.98 Å². The Morgan fingerprint density at radius 2 is 2.24 bits per heavy atom. The fraction of sp³-hybridized carbons (Fsp3) is 0.286. The Balaban J connectivity index is 2.36. The number of carbonyl (C=O) groups is 1. The lowest BCUT2D eigenvalue weighted by atomic mass is 10.3. The molecule has 2 aromatic heterocycles. The molecule has 3 N–H and O–H groups in total. The van der Waals surface area contributed by atoms with Crippen LogP contribution in [0, 0.1) is 19.3 Å². The van der Waals surface area contributed by atoms with Crippen molar-refractivity contribution in [2.75, 3.05) is 0 Å². The van der Waals surface area contributed by atoms with Gasteiger partial charge >= 0.3 is 0 Å². The summed E-state index contributed by atoms with van der Waals surface area (Å²) in [6.45, 7) is 5.68. The van der Waals surface area contributed by atoms with E-state index < -0.39 is 5.91 Å². The van der Waals surface area contributed by atoms with E-state index in [0.29, 0.717) is 22.7 Å². The van der Waals surface area contributed by atoms with Crippen molar-refractivity contribution >= 4 is 33.5 Å². The van der Waals surface area contributed by atoms with Crippen molar-refractivity contribution in [3.8, 4) is 0 Å². The molecule has 0 bridgehead atoms. The highest BCUT2D eigenvalue weighted by molar-refractivity contribution is 8.26. The van der Waals surface area contributed by atoms with E-state index in [4.69, 9.17) is 11.1 Å². The molecule has 0 fully saturated rings. The zero-order valence-electron chi connectivity index (χ0n) is 12.2. The maximum absolute atomic E-state index is 12.2. The van der Waals surface area contributed by atoms with Gasteiger partial charge in [-0.05, 0) is 44.2 Å². The number of nitrogens with one attached hydrogen (secondary N) is 1. The number of amidine groups is 1.